The molecule has 0 aliphatic carbocycles. The van der Waals surface area contributed by atoms with Gasteiger partial charge in [0.25, 0.3) is 0 Å². The summed E-state index contributed by atoms with van der Waals surface area (Å²) in [6.45, 7) is 1.78. The number of hydrogen-bond donors (Lipinski definition) is 0. The molecule has 0 aliphatic rings. The highest BCUT2D eigenvalue weighted by Gasteiger charge is 2.53. The molecule has 0 saturated carbocycles. The molecule has 6 heteroatoms. The van der Waals surface area contributed by atoms with E-state index in [4.69, 9.17) is 0 Å². The molecule has 0 amide bonds. The number of rotatable bonds is 3. The Balaban J connectivity index is 4.22. The zero-order chi connectivity index (χ0) is 9.28. The van der Waals surface area contributed by atoms with Crippen molar-refractivity contribution in [1.82, 2.24) is 0 Å². The maximum absolute atomic E-state index is 11.9. The van der Waals surface area contributed by atoms with Gasteiger partial charge in [-0.25, -0.2) is 8.78 Å². The van der Waals surface area contributed by atoms with Gasteiger partial charge in [0.05, 0.1) is 6.42 Å². The second kappa shape index (κ2) is 2.91. The molecule has 0 rings (SSSR count). The summed E-state index contributed by atoms with van der Waals surface area (Å²) in [6.07, 6.45) is -5.62. The van der Waals surface area contributed by atoms with Crippen LogP contribution in [0.1, 0.15) is 6.42 Å². The molecular formula is C5H5F6. The molecule has 0 heterocycles. The van der Waals surface area contributed by atoms with Crippen molar-refractivity contribution in [3.63, 3.8) is 0 Å². The van der Waals surface area contributed by atoms with Gasteiger partial charge in [-0.05, 0) is 0 Å². The zero-order valence-electron chi connectivity index (χ0n) is 5.26. The van der Waals surface area contributed by atoms with Gasteiger partial charge in [0, 0.05) is 6.92 Å². The van der Waals surface area contributed by atoms with Crippen LogP contribution < -0.4 is 0 Å². The molecule has 0 unspecified atom stereocenters. The summed E-state index contributed by atoms with van der Waals surface area (Å²) in [7, 11) is 0. The lowest BCUT2D eigenvalue weighted by molar-refractivity contribution is -0.199. The van der Waals surface area contributed by atoms with E-state index in [1.165, 1.54) is 0 Å². The van der Waals surface area contributed by atoms with Crippen molar-refractivity contribution in [1.29, 1.82) is 0 Å². The molecule has 0 spiro atoms. The maximum Gasteiger partial charge on any atom is 0.315 e. The van der Waals surface area contributed by atoms with Crippen molar-refractivity contribution < 1.29 is 26.3 Å². The number of alkyl halides is 6. The van der Waals surface area contributed by atoms with E-state index in [1.807, 2.05) is 0 Å². The lowest BCUT2D eigenvalue weighted by Crippen LogP contribution is -2.39. The fourth-order valence-corrected chi connectivity index (χ4v) is 0.343. The molecule has 0 aromatic carbocycles. The first-order valence-corrected chi connectivity index (χ1v) is 2.56. The van der Waals surface area contributed by atoms with Crippen LogP contribution in [0.2, 0.25) is 0 Å². The average Bonchev–Trinajstić information content (AvgIpc) is 1.56. The van der Waals surface area contributed by atoms with Gasteiger partial charge in [-0.1, -0.05) is 0 Å². The summed E-state index contributed by atoms with van der Waals surface area (Å²) < 4.78 is 69.5. The fraction of sp³-hybridized carbons (Fsp3) is 0.800. The molecule has 0 nitrogen and oxygen atoms in total. The smallest absolute Gasteiger partial charge is 0.210 e. The molecule has 0 saturated heterocycles. The van der Waals surface area contributed by atoms with Gasteiger partial charge in [0.1, 0.15) is 0 Å². The molecule has 0 aliphatic heterocycles. The fourth-order valence-electron chi connectivity index (χ4n) is 0.343. The number of halogens is 6. The normalized spacial score (nSPS) is 14.2. The van der Waals surface area contributed by atoms with Crippen molar-refractivity contribution in [2.24, 2.45) is 0 Å². The maximum atomic E-state index is 11.9. The minimum Gasteiger partial charge on any atom is -0.210 e. The summed E-state index contributed by atoms with van der Waals surface area (Å²) in [5.74, 6) is -9.37. The van der Waals surface area contributed by atoms with Gasteiger partial charge < -0.3 is 0 Å². The van der Waals surface area contributed by atoms with Crippen LogP contribution in [-0.2, 0) is 0 Å². The van der Waals surface area contributed by atoms with Crippen molar-refractivity contribution in [2.45, 2.75) is 24.7 Å². The van der Waals surface area contributed by atoms with Crippen molar-refractivity contribution in [3.05, 3.63) is 6.92 Å². The topological polar surface area (TPSA) is 0 Å². The largest absolute Gasteiger partial charge is 0.315 e. The van der Waals surface area contributed by atoms with Crippen LogP contribution in [0, 0.1) is 6.92 Å². The third-order valence-electron chi connectivity index (χ3n) is 0.946. The zero-order valence-corrected chi connectivity index (χ0v) is 5.26. The van der Waals surface area contributed by atoms with E-state index < -0.39 is 24.7 Å². The van der Waals surface area contributed by atoms with E-state index in [0.717, 1.165) is 0 Å². The van der Waals surface area contributed by atoms with Crippen LogP contribution in [0.25, 0.3) is 0 Å². The first-order chi connectivity index (χ1) is 4.67. The molecule has 0 N–H and O–H groups in total. The highest BCUT2D eigenvalue weighted by molar-refractivity contribution is 4.87. The van der Waals surface area contributed by atoms with Gasteiger partial charge in [0.15, 0.2) is 0 Å². The third kappa shape index (κ3) is 2.98. The SMILES string of the molecule is [CH2]C(F)(F)C(F)(F)CC(F)F. The minimum absolute atomic E-state index is 1.78. The van der Waals surface area contributed by atoms with Crippen molar-refractivity contribution in [2.75, 3.05) is 0 Å². The Bertz CT molecular complexity index is 123. The van der Waals surface area contributed by atoms with E-state index in [0.29, 0.717) is 0 Å². The summed E-state index contributed by atoms with van der Waals surface area (Å²) in [5.41, 5.74) is 0. The summed E-state index contributed by atoms with van der Waals surface area (Å²) in [5, 5.41) is 0. The molecule has 0 atom stereocenters. The Morgan fingerprint density at radius 1 is 1.09 bits per heavy atom. The lowest BCUT2D eigenvalue weighted by Gasteiger charge is -2.21. The van der Waals surface area contributed by atoms with Gasteiger partial charge in [-0.15, -0.1) is 0 Å². The predicted octanol–water partition coefficient (Wildman–Crippen LogP) is 2.75. The highest BCUT2D eigenvalue weighted by atomic mass is 19.3. The first-order valence-electron chi connectivity index (χ1n) is 2.56. The quantitative estimate of drug-likeness (QED) is 0.584. The van der Waals surface area contributed by atoms with Crippen LogP contribution in [-0.4, -0.2) is 18.3 Å². The second-order valence-corrected chi connectivity index (χ2v) is 2.00. The van der Waals surface area contributed by atoms with Crippen LogP contribution in [0.3, 0.4) is 0 Å². The molecule has 0 fully saturated rings. The summed E-state index contributed by atoms with van der Waals surface area (Å²) >= 11 is 0. The molecule has 67 valence electrons. The molecule has 0 bridgehead atoms. The monoisotopic (exact) mass is 179 g/mol. The minimum atomic E-state index is -4.73. The third-order valence-corrected chi connectivity index (χ3v) is 0.946. The van der Waals surface area contributed by atoms with Crippen LogP contribution in [0.15, 0.2) is 0 Å². The average molecular weight is 179 g/mol. The van der Waals surface area contributed by atoms with E-state index in [9.17, 15) is 26.3 Å². The molecule has 0 aromatic rings. The Hall–Kier alpha value is -0.420. The van der Waals surface area contributed by atoms with Crippen LogP contribution in [0.5, 0.6) is 0 Å². The number of hydrogen-bond acceptors (Lipinski definition) is 0. The van der Waals surface area contributed by atoms with E-state index >= 15 is 0 Å². The van der Waals surface area contributed by atoms with Gasteiger partial charge in [-0.2, -0.15) is 17.6 Å². The van der Waals surface area contributed by atoms with E-state index in [-0.39, 0.29) is 0 Å². The molecule has 11 heavy (non-hydrogen) atoms. The summed E-state index contributed by atoms with van der Waals surface area (Å²) in [6, 6.07) is 0. The molecular weight excluding hydrogens is 174 g/mol. The Kier molecular flexibility index (Phi) is 2.79. The second-order valence-electron chi connectivity index (χ2n) is 2.00. The standard InChI is InChI=1S/C5H5F6/c1-4(8,9)5(10,11)2-3(6)7/h3H,1-2H2. The highest BCUT2D eigenvalue weighted by Crippen LogP contribution is 2.37. The van der Waals surface area contributed by atoms with E-state index in [1.54, 1.807) is 6.92 Å². The lowest BCUT2D eigenvalue weighted by atomic mass is 10.1. The van der Waals surface area contributed by atoms with Crippen LogP contribution >= 0.6 is 0 Å². The first kappa shape index (κ1) is 10.6. The van der Waals surface area contributed by atoms with Gasteiger partial charge >= 0.3 is 11.8 Å². The Morgan fingerprint density at radius 3 is 1.55 bits per heavy atom. The van der Waals surface area contributed by atoms with Crippen molar-refractivity contribution in [3.8, 4) is 0 Å². The molecule has 1 radical (unpaired) electrons. The molecule has 0 aromatic heterocycles. The van der Waals surface area contributed by atoms with Gasteiger partial charge in [0.2, 0.25) is 6.43 Å². The Labute approximate surface area is 59.2 Å². The Morgan fingerprint density at radius 2 is 1.45 bits per heavy atom. The summed E-state index contributed by atoms with van der Waals surface area (Å²) in [4.78, 5) is 0. The van der Waals surface area contributed by atoms with Gasteiger partial charge in [-0.3, -0.25) is 0 Å². The van der Waals surface area contributed by atoms with Crippen molar-refractivity contribution >= 4 is 0 Å². The predicted molar refractivity (Wildman–Crippen MR) is 25.9 cm³/mol. The van der Waals surface area contributed by atoms with E-state index in [2.05, 4.69) is 0 Å². The van der Waals surface area contributed by atoms with Crippen LogP contribution in [0.4, 0.5) is 26.3 Å².